The first-order chi connectivity index (χ1) is 7.11. The van der Waals surface area contributed by atoms with Crippen LogP contribution in [0.3, 0.4) is 0 Å². The highest BCUT2D eigenvalue weighted by Crippen LogP contribution is 1.95. The zero-order valence-corrected chi connectivity index (χ0v) is 8.32. The van der Waals surface area contributed by atoms with Crippen LogP contribution in [-0.2, 0) is 19.1 Å². The van der Waals surface area contributed by atoms with Crippen LogP contribution in [0, 0.1) is 0 Å². The first-order valence-corrected chi connectivity index (χ1v) is 4.18. The molecule has 0 spiro atoms. The summed E-state index contributed by atoms with van der Waals surface area (Å²) in [5.74, 6) is -1.28. The van der Waals surface area contributed by atoms with Gasteiger partial charge in [0.2, 0.25) is 0 Å². The molecule has 0 bridgehead atoms. The lowest BCUT2D eigenvalue weighted by Gasteiger charge is -2.07. The van der Waals surface area contributed by atoms with E-state index in [1.165, 1.54) is 0 Å². The number of aliphatic hydroxyl groups excluding tert-OH is 1. The quantitative estimate of drug-likeness (QED) is 0.375. The predicted molar refractivity (Wildman–Crippen MR) is 48.4 cm³/mol. The Labute approximate surface area is 86.6 Å². The summed E-state index contributed by atoms with van der Waals surface area (Å²) in [5, 5.41) is 8.38. The van der Waals surface area contributed by atoms with Crippen LogP contribution in [0.5, 0.6) is 0 Å². The number of hydrogen-bond donors (Lipinski definition) is 2. The maximum atomic E-state index is 11.0. The molecule has 7 nitrogen and oxygen atoms in total. The average Bonchev–Trinajstić information content (AvgIpc) is 2.22. The molecular weight excluding hydrogens is 206 g/mol. The molecule has 0 radical (unpaired) electrons. The molecule has 7 heteroatoms. The molecule has 0 rings (SSSR count). The Bertz CT molecular complexity index is 239. The normalized spacial score (nSPS) is 8.93. The molecular formula is C8H13NO6. The molecule has 0 aliphatic heterocycles. The first kappa shape index (κ1) is 13.2. The smallest absolute Gasteiger partial charge is 0.440 e. The van der Waals surface area contributed by atoms with Crippen molar-refractivity contribution in [3.63, 3.8) is 0 Å². The molecule has 86 valence electrons. The number of aliphatic hydroxyl groups is 1. The van der Waals surface area contributed by atoms with Gasteiger partial charge in [-0.2, -0.15) is 0 Å². The van der Waals surface area contributed by atoms with Gasteiger partial charge in [0.05, 0.1) is 13.2 Å². The van der Waals surface area contributed by atoms with Crippen LogP contribution >= 0.6 is 0 Å². The number of nitrogens with one attached hydrogen (secondary N) is 1. The minimum absolute atomic E-state index is 0.0761. The van der Waals surface area contributed by atoms with E-state index in [4.69, 9.17) is 5.11 Å². The van der Waals surface area contributed by atoms with Crippen LogP contribution in [0.25, 0.3) is 0 Å². The lowest BCUT2D eigenvalue weighted by atomic mass is 10.6. The Morgan fingerprint density at radius 2 is 2.07 bits per heavy atom. The molecule has 0 aliphatic carbocycles. The highest BCUT2D eigenvalue weighted by Gasteiger charge is 2.12. The average molecular weight is 219 g/mol. The maximum absolute atomic E-state index is 11.0. The second-order valence-corrected chi connectivity index (χ2v) is 2.21. The van der Waals surface area contributed by atoms with E-state index in [1.54, 1.807) is 12.4 Å². The molecule has 0 aliphatic rings. The summed E-state index contributed by atoms with van der Waals surface area (Å²) in [6.45, 7) is 4.65. The highest BCUT2D eigenvalue weighted by atomic mass is 16.7. The fourth-order valence-electron chi connectivity index (χ4n) is 0.533. The van der Waals surface area contributed by atoms with Crippen LogP contribution in [-0.4, -0.2) is 37.0 Å². The van der Waals surface area contributed by atoms with Crippen molar-refractivity contribution in [3.8, 4) is 0 Å². The predicted octanol–water partition coefficient (Wildman–Crippen LogP) is -0.287. The molecule has 0 aromatic carbocycles. The van der Waals surface area contributed by atoms with Crippen molar-refractivity contribution in [1.82, 2.24) is 5.48 Å². The van der Waals surface area contributed by atoms with Crippen molar-refractivity contribution in [2.45, 2.75) is 6.92 Å². The van der Waals surface area contributed by atoms with Gasteiger partial charge in [-0.1, -0.05) is 0 Å². The fraction of sp³-hybridized carbons (Fsp3) is 0.500. The van der Waals surface area contributed by atoms with Gasteiger partial charge in [-0.3, -0.25) is 0 Å². The molecule has 15 heavy (non-hydrogen) atoms. The first-order valence-electron chi connectivity index (χ1n) is 4.18. The van der Waals surface area contributed by atoms with Gasteiger partial charge in [0.1, 0.15) is 6.61 Å². The summed E-state index contributed by atoms with van der Waals surface area (Å²) < 4.78 is 9.05. The topological polar surface area (TPSA) is 94.1 Å². The SMILES string of the molecule is C=C(OCCO)C(=O)ONC(=O)OCC. The number of carbonyl (C=O) groups is 2. The van der Waals surface area contributed by atoms with Gasteiger partial charge in [-0.15, -0.1) is 5.48 Å². The van der Waals surface area contributed by atoms with E-state index in [-0.39, 0.29) is 25.6 Å². The van der Waals surface area contributed by atoms with Crippen molar-refractivity contribution < 1.29 is 29.0 Å². The Morgan fingerprint density at radius 1 is 1.40 bits per heavy atom. The largest absolute Gasteiger partial charge is 0.484 e. The molecule has 0 fully saturated rings. The summed E-state index contributed by atoms with van der Waals surface area (Å²) in [5.41, 5.74) is 1.73. The Hall–Kier alpha value is -1.76. The Balaban J connectivity index is 3.73. The van der Waals surface area contributed by atoms with Gasteiger partial charge in [-0.05, 0) is 13.5 Å². The zero-order valence-electron chi connectivity index (χ0n) is 8.32. The van der Waals surface area contributed by atoms with Crippen molar-refractivity contribution in [2.75, 3.05) is 19.8 Å². The Morgan fingerprint density at radius 3 is 2.60 bits per heavy atom. The Kier molecular flexibility index (Phi) is 6.73. The lowest BCUT2D eigenvalue weighted by molar-refractivity contribution is -0.149. The van der Waals surface area contributed by atoms with E-state index in [0.29, 0.717) is 0 Å². The molecule has 1 amide bonds. The summed E-state index contributed by atoms with van der Waals surface area (Å²) >= 11 is 0. The van der Waals surface area contributed by atoms with Gasteiger partial charge in [0, 0.05) is 0 Å². The summed E-state index contributed by atoms with van der Waals surface area (Å²) in [6, 6.07) is 0. The van der Waals surface area contributed by atoms with E-state index >= 15 is 0 Å². The molecule has 0 heterocycles. The lowest BCUT2D eigenvalue weighted by Crippen LogP contribution is -2.28. The minimum Gasteiger partial charge on any atom is -0.484 e. The van der Waals surface area contributed by atoms with Crippen molar-refractivity contribution in [3.05, 3.63) is 12.3 Å². The standard InChI is InChI=1S/C8H13NO6/c1-3-13-8(12)9-15-7(11)6(2)14-5-4-10/h10H,2-5H2,1H3,(H,9,12). The molecule has 0 aromatic rings. The highest BCUT2D eigenvalue weighted by molar-refractivity contribution is 5.86. The van der Waals surface area contributed by atoms with E-state index in [9.17, 15) is 9.59 Å². The third-order valence-electron chi connectivity index (χ3n) is 1.10. The molecule has 0 saturated carbocycles. The summed E-state index contributed by atoms with van der Waals surface area (Å²) in [6.07, 6.45) is -0.888. The molecule has 0 unspecified atom stereocenters. The van der Waals surface area contributed by atoms with E-state index in [0.717, 1.165) is 0 Å². The molecule has 0 atom stereocenters. The van der Waals surface area contributed by atoms with Crippen LogP contribution in [0.2, 0.25) is 0 Å². The zero-order chi connectivity index (χ0) is 11.7. The third-order valence-corrected chi connectivity index (χ3v) is 1.10. The van der Waals surface area contributed by atoms with Crippen molar-refractivity contribution >= 4 is 12.1 Å². The van der Waals surface area contributed by atoms with Gasteiger partial charge < -0.3 is 19.4 Å². The number of amides is 1. The number of rotatable bonds is 5. The maximum Gasteiger partial charge on any atom is 0.440 e. The van der Waals surface area contributed by atoms with E-state index < -0.39 is 12.1 Å². The minimum atomic E-state index is -0.962. The van der Waals surface area contributed by atoms with Gasteiger partial charge in [0.15, 0.2) is 5.76 Å². The second-order valence-electron chi connectivity index (χ2n) is 2.21. The summed E-state index contributed by atoms with van der Waals surface area (Å²) in [7, 11) is 0. The second kappa shape index (κ2) is 7.63. The van der Waals surface area contributed by atoms with E-state index in [2.05, 4.69) is 20.9 Å². The summed E-state index contributed by atoms with van der Waals surface area (Å²) in [4.78, 5) is 25.9. The molecule has 0 aromatic heterocycles. The van der Waals surface area contributed by atoms with Crippen molar-refractivity contribution in [2.24, 2.45) is 0 Å². The molecule has 2 N–H and O–H groups in total. The van der Waals surface area contributed by atoms with Gasteiger partial charge >= 0.3 is 12.1 Å². The number of ether oxygens (including phenoxy) is 2. The third kappa shape index (κ3) is 6.33. The van der Waals surface area contributed by atoms with Crippen LogP contribution < -0.4 is 5.48 Å². The fourth-order valence-corrected chi connectivity index (χ4v) is 0.533. The van der Waals surface area contributed by atoms with Crippen LogP contribution in [0.15, 0.2) is 12.3 Å². The van der Waals surface area contributed by atoms with Crippen molar-refractivity contribution in [1.29, 1.82) is 0 Å². The van der Waals surface area contributed by atoms with Crippen LogP contribution in [0.1, 0.15) is 6.92 Å². The molecule has 0 saturated heterocycles. The number of carbonyl (C=O) groups excluding carboxylic acids is 2. The monoisotopic (exact) mass is 219 g/mol. The van der Waals surface area contributed by atoms with Gasteiger partial charge in [-0.25, -0.2) is 9.59 Å². The number of hydrogen-bond acceptors (Lipinski definition) is 6. The van der Waals surface area contributed by atoms with Gasteiger partial charge in [0.25, 0.3) is 0 Å². The number of hydroxylamine groups is 1. The van der Waals surface area contributed by atoms with E-state index in [1.807, 2.05) is 0 Å². The van der Waals surface area contributed by atoms with Crippen LogP contribution in [0.4, 0.5) is 4.79 Å².